The Balaban J connectivity index is 1.83. The highest BCUT2D eigenvalue weighted by Crippen LogP contribution is 2.22. The fourth-order valence-electron chi connectivity index (χ4n) is 2.61. The van der Waals surface area contributed by atoms with E-state index in [0.717, 1.165) is 11.1 Å². The van der Waals surface area contributed by atoms with Crippen LogP contribution in [0.1, 0.15) is 31.8 Å². The molecule has 1 aliphatic rings. The summed E-state index contributed by atoms with van der Waals surface area (Å²) < 4.78 is 10.2. The Morgan fingerprint density at radius 1 is 1.17 bits per heavy atom. The first kappa shape index (κ1) is 15.0. The van der Waals surface area contributed by atoms with E-state index >= 15 is 0 Å². The maximum Gasteiger partial charge on any atom is 0.339 e. The topological polar surface area (TPSA) is 52.6 Å². The van der Waals surface area contributed by atoms with Crippen molar-refractivity contribution in [3.8, 4) is 0 Å². The quantitative estimate of drug-likeness (QED) is 0.817. The van der Waals surface area contributed by atoms with Crippen LogP contribution in [0.3, 0.4) is 0 Å². The number of ether oxygens (including phenoxy) is 2. The molecular weight excluding hydrogens is 292 g/mol. The summed E-state index contributed by atoms with van der Waals surface area (Å²) in [6, 6.07) is 14.6. The zero-order valence-electron chi connectivity index (χ0n) is 12.7. The Labute approximate surface area is 134 Å². The summed E-state index contributed by atoms with van der Waals surface area (Å²) in [5, 5.41) is 0. The van der Waals surface area contributed by atoms with E-state index in [9.17, 15) is 9.59 Å². The van der Waals surface area contributed by atoms with Crippen molar-refractivity contribution in [2.45, 2.75) is 12.5 Å². The second kappa shape index (κ2) is 6.48. The Kier molecular flexibility index (Phi) is 4.24. The van der Waals surface area contributed by atoms with Gasteiger partial charge >= 0.3 is 11.9 Å². The molecular formula is C19H16O4. The number of hydrogen-bond donors (Lipinski definition) is 0. The third kappa shape index (κ3) is 3.16. The average molecular weight is 308 g/mol. The average Bonchev–Trinajstić information content (AvgIpc) is 2.59. The second-order valence-electron chi connectivity index (χ2n) is 5.24. The molecule has 0 saturated carbocycles. The lowest BCUT2D eigenvalue weighted by atomic mass is 9.97. The van der Waals surface area contributed by atoms with Crippen LogP contribution < -0.4 is 0 Å². The highest BCUT2D eigenvalue weighted by Gasteiger charge is 2.24. The van der Waals surface area contributed by atoms with Gasteiger partial charge in [-0.25, -0.2) is 9.59 Å². The van der Waals surface area contributed by atoms with Crippen LogP contribution in [-0.2, 0) is 15.9 Å². The van der Waals surface area contributed by atoms with Crippen LogP contribution in [0.5, 0.6) is 0 Å². The summed E-state index contributed by atoms with van der Waals surface area (Å²) in [5.74, 6) is -0.709. The van der Waals surface area contributed by atoms with Crippen molar-refractivity contribution in [1.29, 1.82) is 0 Å². The number of fused-ring (bicyclic) bond motifs is 1. The number of carbonyl (C=O) groups excluding carboxylic acids is 2. The third-order valence-electron chi connectivity index (χ3n) is 3.77. The summed E-state index contributed by atoms with van der Waals surface area (Å²) in [4.78, 5) is 23.8. The minimum absolute atomic E-state index is 0.317. The van der Waals surface area contributed by atoms with E-state index in [1.54, 1.807) is 30.4 Å². The van der Waals surface area contributed by atoms with E-state index in [-0.39, 0.29) is 12.1 Å². The van der Waals surface area contributed by atoms with Gasteiger partial charge < -0.3 is 9.47 Å². The van der Waals surface area contributed by atoms with Gasteiger partial charge in [0.2, 0.25) is 0 Å². The number of cyclic esters (lactones) is 1. The molecule has 3 rings (SSSR count). The van der Waals surface area contributed by atoms with Gasteiger partial charge in [0, 0.05) is 6.42 Å². The summed E-state index contributed by atoms with van der Waals surface area (Å²) in [5.41, 5.74) is 2.80. The van der Waals surface area contributed by atoms with Gasteiger partial charge in [-0.1, -0.05) is 42.5 Å². The van der Waals surface area contributed by atoms with Crippen LogP contribution in [0, 0.1) is 0 Å². The van der Waals surface area contributed by atoms with Crippen LogP contribution in [0.25, 0.3) is 6.08 Å². The second-order valence-corrected chi connectivity index (χ2v) is 5.24. The standard InChI is InChI=1S/C19H16O4/c1-22-18(20)16-8-4-2-6-13(16)10-11-15-12-14-7-3-5-9-17(14)19(21)23-15/h2-11,15H,12H2,1H3/b11-10-. The molecule has 2 aromatic carbocycles. The molecule has 4 nitrogen and oxygen atoms in total. The molecule has 1 unspecified atom stereocenters. The molecule has 0 fully saturated rings. The monoisotopic (exact) mass is 308 g/mol. The normalized spacial score (nSPS) is 16.7. The van der Waals surface area contributed by atoms with E-state index in [0.29, 0.717) is 17.5 Å². The molecule has 0 saturated heterocycles. The molecule has 0 spiro atoms. The van der Waals surface area contributed by atoms with E-state index in [1.165, 1.54) is 7.11 Å². The molecule has 1 atom stereocenters. The number of rotatable bonds is 3. The minimum Gasteiger partial charge on any atom is -0.465 e. The number of benzene rings is 2. The predicted molar refractivity (Wildman–Crippen MR) is 86.2 cm³/mol. The van der Waals surface area contributed by atoms with E-state index in [4.69, 9.17) is 9.47 Å². The van der Waals surface area contributed by atoms with Crippen molar-refractivity contribution in [3.05, 3.63) is 76.9 Å². The number of hydrogen-bond acceptors (Lipinski definition) is 4. The highest BCUT2D eigenvalue weighted by atomic mass is 16.5. The largest absolute Gasteiger partial charge is 0.465 e. The Hall–Kier alpha value is -2.88. The van der Waals surface area contributed by atoms with Crippen LogP contribution in [0.4, 0.5) is 0 Å². The minimum atomic E-state index is -0.392. The van der Waals surface area contributed by atoms with Gasteiger partial charge in [-0.3, -0.25) is 0 Å². The lowest BCUT2D eigenvalue weighted by Crippen LogP contribution is -2.25. The first-order valence-corrected chi connectivity index (χ1v) is 7.33. The van der Waals surface area contributed by atoms with Gasteiger partial charge in [-0.15, -0.1) is 0 Å². The zero-order chi connectivity index (χ0) is 16.2. The lowest BCUT2D eigenvalue weighted by molar-refractivity contribution is 0.0358. The summed E-state index contributed by atoms with van der Waals surface area (Å²) >= 11 is 0. The smallest absolute Gasteiger partial charge is 0.339 e. The summed E-state index contributed by atoms with van der Waals surface area (Å²) in [7, 11) is 1.35. The summed E-state index contributed by atoms with van der Waals surface area (Å²) in [6.45, 7) is 0. The zero-order valence-corrected chi connectivity index (χ0v) is 12.7. The number of carbonyl (C=O) groups is 2. The van der Waals surface area contributed by atoms with Crippen molar-refractivity contribution >= 4 is 18.0 Å². The molecule has 1 heterocycles. The predicted octanol–water partition coefficient (Wildman–Crippen LogP) is 3.27. The molecule has 4 heteroatoms. The van der Waals surface area contributed by atoms with Crippen molar-refractivity contribution in [2.24, 2.45) is 0 Å². The fraction of sp³-hybridized carbons (Fsp3) is 0.158. The molecule has 0 radical (unpaired) electrons. The number of esters is 2. The molecule has 0 aromatic heterocycles. The van der Waals surface area contributed by atoms with E-state index in [1.807, 2.05) is 30.3 Å². The van der Waals surface area contributed by atoms with Gasteiger partial charge in [0.25, 0.3) is 0 Å². The first-order valence-electron chi connectivity index (χ1n) is 7.33. The maximum atomic E-state index is 12.0. The SMILES string of the molecule is COC(=O)c1ccccc1/C=C\C1Cc2ccccc2C(=O)O1. The maximum absolute atomic E-state index is 12.0. The molecule has 0 bridgehead atoms. The molecule has 2 aromatic rings. The number of methoxy groups -OCH3 is 1. The Morgan fingerprint density at radius 3 is 2.74 bits per heavy atom. The molecule has 23 heavy (non-hydrogen) atoms. The van der Waals surface area contributed by atoms with Gasteiger partial charge in [0.1, 0.15) is 6.10 Å². The van der Waals surface area contributed by atoms with Crippen molar-refractivity contribution in [3.63, 3.8) is 0 Å². The van der Waals surface area contributed by atoms with Gasteiger partial charge in [0.15, 0.2) is 0 Å². The van der Waals surface area contributed by atoms with Crippen molar-refractivity contribution in [1.82, 2.24) is 0 Å². The molecule has 116 valence electrons. The van der Waals surface area contributed by atoms with Crippen LogP contribution in [0.2, 0.25) is 0 Å². The molecule has 0 N–H and O–H groups in total. The molecule has 0 aliphatic carbocycles. The lowest BCUT2D eigenvalue weighted by Gasteiger charge is -2.22. The van der Waals surface area contributed by atoms with E-state index in [2.05, 4.69) is 0 Å². The summed E-state index contributed by atoms with van der Waals surface area (Å²) in [6.07, 6.45) is 3.87. The van der Waals surface area contributed by atoms with E-state index < -0.39 is 5.97 Å². The van der Waals surface area contributed by atoms with Gasteiger partial charge in [-0.2, -0.15) is 0 Å². The van der Waals surface area contributed by atoms with Crippen LogP contribution in [0.15, 0.2) is 54.6 Å². The third-order valence-corrected chi connectivity index (χ3v) is 3.77. The Morgan fingerprint density at radius 2 is 1.91 bits per heavy atom. The van der Waals surface area contributed by atoms with Crippen LogP contribution >= 0.6 is 0 Å². The van der Waals surface area contributed by atoms with Crippen molar-refractivity contribution in [2.75, 3.05) is 7.11 Å². The van der Waals surface area contributed by atoms with Crippen LogP contribution in [-0.4, -0.2) is 25.2 Å². The molecule has 1 aliphatic heterocycles. The van der Waals surface area contributed by atoms with Gasteiger partial charge in [0.05, 0.1) is 18.2 Å². The highest BCUT2D eigenvalue weighted by molar-refractivity contribution is 5.94. The van der Waals surface area contributed by atoms with Crippen molar-refractivity contribution < 1.29 is 19.1 Å². The molecule has 0 amide bonds. The van der Waals surface area contributed by atoms with Gasteiger partial charge in [-0.05, 0) is 29.3 Å². The fourth-order valence-corrected chi connectivity index (χ4v) is 2.61. The Bertz CT molecular complexity index is 776. The first-order chi connectivity index (χ1) is 11.2.